The molecular weight excluding hydrogens is 186 g/mol. The number of hydrogen-bond acceptors (Lipinski definition) is 2. The molecule has 2 rings (SSSR count). The summed E-state index contributed by atoms with van der Waals surface area (Å²) in [7, 11) is 0. The Labute approximate surface area is 83.7 Å². The van der Waals surface area contributed by atoms with Crippen LogP contribution in [0.5, 0.6) is 0 Å². The molecule has 1 N–H and O–H groups in total. The van der Waals surface area contributed by atoms with Crippen molar-refractivity contribution >= 4 is 0 Å². The van der Waals surface area contributed by atoms with Gasteiger partial charge in [0.1, 0.15) is 0 Å². The highest BCUT2D eigenvalue weighted by Crippen LogP contribution is 2.30. The van der Waals surface area contributed by atoms with Crippen LogP contribution in [0.1, 0.15) is 25.7 Å². The third-order valence-corrected chi connectivity index (χ3v) is 3.29. The summed E-state index contributed by atoms with van der Waals surface area (Å²) >= 11 is 0. The molecule has 0 bridgehead atoms. The van der Waals surface area contributed by atoms with Crippen LogP contribution in [-0.2, 0) is 0 Å². The second kappa shape index (κ2) is 4.11. The van der Waals surface area contributed by atoms with Gasteiger partial charge in [-0.1, -0.05) is 6.42 Å². The maximum absolute atomic E-state index is 13.6. The number of halogens is 2. The second-order valence-corrected chi connectivity index (χ2v) is 4.33. The Bertz CT molecular complexity index is 191. The number of nitrogens with zero attached hydrogens (tertiary/aromatic N) is 1. The van der Waals surface area contributed by atoms with Crippen molar-refractivity contribution in [2.24, 2.45) is 0 Å². The van der Waals surface area contributed by atoms with Gasteiger partial charge in [-0.25, -0.2) is 8.78 Å². The van der Waals surface area contributed by atoms with Gasteiger partial charge in [0.2, 0.25) is 0 Å². The smallest absolute Gasteiger partial charge is 0.265 e. The zero-order valence-electron chi connectivity index (χ0n) is 8.44. The first-order chi connectivity index (χ1) is 6.70. The van der Waals surface area contributed by atoms with Gasteiger partial charge in [-0.2, -0.15) is 0 Å². The highest BCUT2D eigenvalue weighted by molar-refractivity contribution is 4.92. The van der Waals surface area contributed by atoms with E-state index in [0.717, 1.165) is 25.9 Å². The molecule has 0 aromatic carbocycles. The molecule has 2 fully saturated rings. The van der Waals surface area contributed by atoms with Gasteiger partial charge in [-0.05, 0) is 25.9 Å². The fourth-order valence-corrected chi connectivity index (χ4v) is 2.44. The largest absolute Gasteiger partial charge is 0.315 e. The normalized spacial score (nSPS) is 34.3. The van der Waals surface area contributed by atoms with Crippen molar-refractivity contribution < 1.29 is 8.78 Å². The summed E-state index contributed by atoms with van der Waals surface area (Å²) in [5, 5.41) is 3.07. The fraction of sp³-hybridized carbons (Fsp3) is 1.00. The molecule has 2 heterocycles. The van der Waals surface area contributed by atoms with Crippen LogP contribution in [0.25, 0.3) is 0 Å². The second-order valence-electron chi connectivity index (χ2n) is 4.33. The van der Waals surface area contributed by atoms with Gasteiger partial charge >= 0.3 is 0 Å². The zero-order valence-corrected chi connectivity index (χ0v) is 8.44. The first kappa shape index (κ1) is 10.3. The van der Waals surface area contributed by atoms with Crippen molar-refractivity contribution in [1.29, 1.82) is 0 Å². The van der Waals surface area contributed by atoms with Crippen LogP contribution in [-0.4, -0.2) is 43.0 Å². The Morgan fingerprint density at radius 1 is 1.14 bits per heavy atom. The van der Waals surface area contributed by atoms with E-state index in [2.05, 4.69) is 5.32 Å². The van der Waals surface area contributed by atoms with E-state index in [-0.39, 0.29) is 6.42 Å². The summed E-state index contributed by atoms with van der Waals surface area (Å²) in [6, 6.07) is -0.559. The van der Waals surface area contributed by atoms with Gasteiger partial charge in [0.25, 0.3) is 5.92 Å². The molecule has 0 unspecified atom stereocenters. The Kier molecular flexibility index (Phi) is 3.02. The summed E-state index contributed by atoms with van der Waals surface area (Å²) in [6.07, 6.45) is 3.34. The van der Waals surface area contributed by atoms with E-state index in [1.165, 1.54) is 6.42 Å². The van der Waals surface area contributed by atoms with Crippen molar-refractivity contribution in [2.75, 3.05) is 26.2 Å². The maximum Gasteiger partial charge on any atom is 0.265 e. The highest BCUT2D eigenvalue weighted by atomic mass is 19.3. The number of piperidine rings is 2. The summed E-state index contributed by atoms with van der Waals surface area (Å²) in [6.45, 7) is 2.61. The Hall–Kier alpha value is -0.220. The first-order valence-electron chi connectivity index (χ1n) is 5.53. The van der Waals surface area contributed by atoms with E-state index in [4.69, 9.17) is 0 Å². The molecule has 4 heteroatoms. The lowest BCUT2D eigenvalue weighted by atomic mass is 9.98. The van der Waals surface area contributed by atoms with Gasteiger partial charge < -0.3 is 5.32 Å². The predicted octanol–water partition coefficient (Wildman–Crippen LogP) is 1.47. The predicted molar refractivity (Wildman–Crippen MR) is 51.6 cm³/mol. The molecule has 0 aliphatic carbocycles. The molecule has 0 saturated carbocycles. The van der Waals surface area contributed by atoms with Crippen LogP contribution < -0.4 is 5.32 Å². The molecular formula is C10H18F2N2. The standard InChI is InChI=1S/C10H18F2N2/c11-10(12)4-5-13-8-9(10)14-6-2-1-3-7-14/h9,13H,1-8H2/t9-/m0/s1. The van der Waals surface area contributed by atoms with E-state index >= 15 is 0 Å². The van der Waals surface area contributed by atoms with Crippen LogP contribution in [0.15, 0.2) is 0 Å². The number of rotatable bonds is 1. The zero-order chi connectivity index (χ0) is 10.0. The maximum atomic E-state index is 13.6. The number of likely N-dealkylation sites (tertiary alicyclic amines) is 1. The van der Waals surface area contributed by atoms with E-state index in [9.17, 15) is 8.78 Å². The van der Waals surface area contributed by atoms with Crippen molar-refractivity contribution in [1.82, 2.24) is 10.2 Å². The minimum atomic E-state index is -2.48. The Morgan fingerprint density at radius 3 is 2.50 bits per heavy atom. The van der Waals surface area contributed by atoms with Crippen LogP contribution >= 0.6 is 0 Å². The number of alkyl halides is 2. The SMILES string of the molecule is FC1(F)CCNC[C@@H]1N1CCCCC1. The fourth-order valence-electron chi connectivity index (χ4n) is 2.44. The van der Waals surface area contributed by atoms with Crippen LogP contribution in [0.2, 0.25) is 0 Å². The van der Waals surface area contributed by atoms with Crippen LogP contribution in [0.4, 0.5) is 8.78 Å². The molecule has 2 aliphatic rings. The van der Waals surface area contributed by atoms with Crippen molar-refractivity contribution in [3.63, 3.8) is 0 Å². The summed E-state index contributed by atoms with van der Waals surface area (Å²) in [4.78, 5) is 1.97. The van der Waals surface area contributed by atoms with Crippen LogP contribution in [0.3, 0.4) is 0 Å². The molecule has 1 atom stereocenters. The topological polar surface area (TPSA) is 15.3 Å². The minimum Gasteiger partial charge on any atom is -0.315 e. The van der Waals surface area contributed by atoms with Gasteiger partial charge in [0.15, 0.2) is 0 Å². The molecule has 82 valence electrons. The lowest BCUT2D eigenvalue weighted by molar-refractivity contribution is -0.102. The molecule has 0 spiro atoms. The van der Waals surface area contributed by atoms with Gasteiger partial charge in [0.05, 0.1) is 6.04 Å². The van der Waals surface area contributed by atoms with E-state index < -0.39 is 12.0 Å². The molecule has 2 nitrogen and oxygen atoms in total. The molecule has 2 saturated heterocycles. The van der Waals surface area contributed by atoms with E-state index in [1.807, 2.05) is 4.90 Å². The quantitative estimate of drug-likeness (QED) is 0.696. The average molecular weight is 204 g/mol. The van der Waals surface area contributed by atoms with Gasteiger partial charge in [0, 0.05) is 19.5 Å². The van der Waals surface area contributed by atoms with Crippen LogP contribution in [0, 0.1) is 0 Å². The number of nitrogens with one attached hydrogen (secondary N) is 1. The summed E-state index contributed by atoms with van der Waals surface area (Å²) in [5.41, 5.74) is 0. The third-order valence-electron chi connectivity index (χ3n) is 3.29. The van der Waals surface area contributed by atoms with E-state index in [0.29, 0.717) is 13.1 Å². The van der Waals surface area contributed by atoms with Gasteiger partial charge in [-0.3, -0.25) is 4.90 Å². The monoisotopic (exact) mass is 204 g/mol. The molecule has 0 aromatic rings. The highest BCUT2D eigenvalue weighted by Gasteiger charge is 2.44. The van der Waals surface area contributed by atoms with Crippen molar-refractivity contribution in [3.05, 3.63) is 0 Å². The number of hydrogen-bond donors (Lipinski definition) is 1. The van der Waals surface area contributed by atoms with Gasteiger partial charge in [-0.15, -0.1) is 0 Å². The first-order valence-corrected chi connectivity index (χ1v) is 5.53. The lowest BCUT2D eigenvalue weighted by Gasteiger charge is -2.41. The van der Waals surface area contributed by atoms with Crippen molar-refractivity contribution in [2.45, 2.75) is 37.6 Å². The molecule has 0 aromatic heterocycles. The minimum absolute atomic E-state index is 0.00579. The summed E-state index contributed by atoms with van der Waals surface area (Å²) in [5.74, 6) is -2.48. The Morgan fingerprint density at radius 2 is 1.86 bits per heavy atom. The Balaban J connectivity index is 1.99. The van der Waals surface area contributed by atoms with E-state index in [1.54, 1.807) is 0 Å². The molecule has 14 heavy (non-hydrogen) atoms. The molecule has 0 radical (unpaired) electrons. The third kappa shape index (κ3) is 2.06. The van der Waals surface area contributed by atoms with Crippen molar-refractivity contribution in [3.8, 4) is 0 Å². The molecule has 0 amide bonds. The summed E-state index contributed by atoms with van der Waals surface area (Å²) < 4.78 is 27.1. The lowest BCUT2D eigenvalue weighted by Crippen LogP contribution is -2.58. The molecule has 2 aliphatic heterocycles. The average Bonchev–Trinajstić information content (AvgIpc) is 2.18.